The minimum atomic E-state index is -0.0152. The second kappa shape index (κ2) is 8.02. The molecule has 128 valence electrons. The smallest absolute Gasteiger partial charge is 0.220 e. The van der Waals surface area contributed by atoms with Crippen molar-refractivity contribution in [2.24, 2.45) is 7.05 Å². The second-order valence-electron chi connectivity index (χ2n) is 5.62. The van der Waals surface area contributed by atoms with E-state index in [1.807, 2.05) is 37.5 Å². The number of amides is 1. The van der Waals surface area contributed by atoms with Crippen LogP contribution in [0.2, 0.25) is 0 Å². The fourth-order valence-electron chi connectivity index (χ4n) is 2.50. The molecular formula is C18H18BrN5O. The van der Waals surface area contributed by atoms with Crippen molar-refractivity contribution < 1.29 is 4.79 Å². The molecule has 3 rings (SSSR count). The molecule has 0 saturated heterocycles. The molecule has 0 aliphatic carbocycles. The van der Waals surface area contributed by atoms with E-state index >= 15 is 0 Å². The van der Waals surface area contributed by atoms with Gasteiger partial charge in [-0.15, -0.1) is 0 Å². The van der Waals surface area contributed by atoms with E-state index in [9.17, 15) is 4.79 Å². The van der Waals surface area contributed by atoms with Crippen LogP contribution in [0.1, 0.15) is 17.7 Å². The lowest BCUT2D eigenvalue weighted by Gasteiger charge is -2.08. The van der Waals surface area contributed by atoms with Crippen LogP contribution >= 0.6 is 15.9 Å². The highest BCUT2D eigenvalue weighted by Gasteiger charge is 2.11. The van der Waals surface area contributed by atoms with E-state index in [4.69, 9.17) is 0 Å². The van der Waals surface area contributed by atoms with Crippen LogP contribution in [0.3, 0.4) is 0 Å². The van der Waals surface area contributed by atoms with Crippen LogP contribution in [0.25, 0.3) is 11.3 Å². The summed E-state index contributed by atoms with van der Waals surface area (Å²) in [4.78, 5) is 20.9. The molecule has 6 nitrogen and oxygen atoms in total. The molecule has 1 N–H and O–H groups in total. The van der Waals surface area contributed by atoms with Gasteiger partial charge in [-0.3, -0.25) is 19.4 Å². The van der Waals surface area contributed by atoms with Crippen molar-refractivity contribution in [1.82, 2.24) is 25.1 Å². The highest BCUT2D eigenvalue weighted by molar-refractivity contribution is 9.10. The minimum Gasteiger partial charge on any atom is -0.350 e. The zero-order chi connectivity index (χ0) is 17.6. The van der Waals surface area contributed by atoms with E-state index in [0.29, 0.717) is 19.4 Å². The molecule has 0 saturated carbocycles. The maximum Gasteiger partial charge on any atom is 0.220 e. The third kappa shape index (κ3) is 4.51. The number of rotatable bonds is 6. The monoisotopic (exact) mass is 399 g/mol. The first-order valence-electron chi connectivity index (χ1n) is 7.92. The number of nitrogens with zero attached hydrogens (tertiary/aromatic N) is 4. The first-order chi connectivity index (χ1) is 12.1. The Balaban J connectivity index is 1.60. The number of aryl methyl sites for hydroxylation is 2. The molecule has 0 fully saturated rings. The normalized spacial score (nSPS) is 10.6. The van der Waals surface area contributed by atoms with Crippen molar-refractivity contribution in [3.8, 4) is 11.3 Å². The Morgan fingerprint density at radius 3 is 2.80 bits per heavy atom. The van der Waals surface area contributed by atoms with Crippen LogP contribution in [0.5, 0.6) is 0 Å². The number of aromatic nitrogens is 4. The minimum absolute atomic E-state index is 0.0152. The Labute approximate surface area is 154 Å². The van der Waals surface area contributed by atoms with E-state index in [2.05, 4.69) is 36.3 Å². The summed E-state index contributed by atoms with van der Waals surface area (Å²) >= 11 is 3.50. The molecule has 0 radical (unpaired) electrons. The summed E-state index contributed by atoms with van der Waals surface area (Å²) in [5, 5.41) is 7.08. The van der Waals surface area contributed by atoms with Gasteiger partial charge in [-0.25, -0.2) is 0 Å². The van der Waals surface area contributed by atoms with Gasteiger partial charge in [-0.2, -0.15) is 5.10 Å². The van der Waals surface area contributed by atoms with Gasteiger partial charge in [0.05, 0.1) is 24.1 Å². The molecule has 1 amide bonds. The molecule has 0 atom stereocenters. The molecule has 2 heterocycles. The fraction of sp³-hybridized carbons (Fsp3) is 0.222. The van der Waals surface area contributed by atoms with Crippen LogP contribution in [0, 0.1) is 0 Å². The Hall–Kier alpha value is -2.54. The third-order valence-electron chi connectivity index (χ3n) is 3.78. The van der Waals surface area contributed by atoms with E-state index < -0.39 is 0 Å². The largest absolute Gasteiger partial charge is 0.350 e. The van der Waals surface area contributed by atoms with Gasteiger partial charge >= 0.3 is 0 Å². The lowest BCUT2D eigenvalue weighted by atomic mass is 10.1. The quantitative estimate of drug-likeness (QED) is 0.691. The van der Waals surface area contributed by atoms with Crippen LogP contribution < -0.4 is 5.32 Å². The number of hydrogen-bond acceptors (Lipinski definition) is 4. The molecule has 0 aliphatic heterocycles. The summed E-state index contributed by atoms with van der Waals surface area (Å²) in [6.07, 6.45) is 7.99. The highest BCUT2D eigenvalue weighted by atomic mass is 79.9. The molecule has 3 aromatic rings. The van der Waals surface area contributed by atoms with E-state index in [1.54, 1.807) is 23.3 Å². The second-order valence-corrected chi connectivity index (χ2v) is 6.48. The van der Waals surface area contributed by atoms with Crippen molar-refractivity contribution in [3.63, 3.8) is 0 Å². The summed E-state index contributed by atoms with van der Waals surface area (Å²) in [5.41, 5.74) is 3.47. The Morgan fingerprint density at radius 1 is 1.24 bits per heavy atom. The molecule has 0 bridgehead atoms. The Bertz CT molecular complexity index is 877. The predicted octanol–water partition coefficient (Wildman–Crippen LogP) is 2.89. The highest BCUT2D eigenvalue weighted by Crippen LogP contribution is 2.19. The summed E-state index contributed by atoms with van der Waals surface area (Å²) in [5.74, 6) is -0.0152. The molecule has 0 unspecified atom stereocenters. The first-order valence-corrected chi connectivity index (χ1v) is 8.72. The molecular weight excluding hydrogens is 382 g/mol. The first kappa shape index (κ1) is 17.3. The standard InChI is InChI=1S/C18H18BrN5O/c1-24-12-14(10-23-24)18-16(20-8-9-21-18)11-22-17(25)7-6-13-4-2-3-5-15(13)19/h2-5,8-10,12H,6-7,11H2,1H3,(H,22,25). The van der Waals surface area contributed by atoms with Gasteiger partial charge in [-0.1, -0.05) is 34.1 Å². The van der Waals surface area contributed by atoms with Gasteiger partial charge in [0.25, 0.3) is 0 Å². The summed E-state index contributed by atoms with van der Waals surface area (Å²) in [6.45, 7) is 0.340. The maximum atomic E-state index is 12.2. The van der Waals surface area contributed by atoms with Crippen LogP contribution in [0.4, 0.5) is 0 Å². The van der Waals surface area contributed by atoms with Crippen LogP contribution in [0.15, 0.2) is 53.5 Å². The number of hydrogen-bond donors (Lipinski definition) is 1. The van der Waals surface area contributed by atoms with Gasteiger partial charge in [-0.05, 0) is 18.1 Å². The zero-order valence-corrected chi connectivity index (χ0v) is 15.4. The summed E-state index contributed by atoms with van der Waals surface area (Å²) in [7, 11) is 1.85. The Kier molecular flexibility index (Phi) is 5.55. The molecule has 0 spiro atoms. The van der Waals surface area contributed by atoms with Crippen molar-refractivity contribution in [2.75, 3.05) is 0 Å². The molecule has 25 heavy (non-hydrogen) atoms. The average molecular weight is 400 g/mol. The number of carbonyl (C=O) groups excluding carboxylic acids is 1. The molecule has 1 aromatic carbocycles. The van der Waals surface area contributed by atoms with E-state index in [1.165, 1.54) is 0 Å². The fourth-order valence-corrected chi connectivity index (χ4v) is 2.98. The van der Waals surface area contributed by atoms with Crippen molar-refractivity contribution in [2.45, 2.75) is 19.4 Å². The van der Waals surface area contributed by atoms with Crippen molar-refractivity contribution in [3.05, 3.63) is 64.8 Å². The van der Waals surface area contributed by atoms with Gasteiger partial charge in [0, 0.05) is 42.1 Å². The van der Waals surface area contributed by atoms with Gasteiger partial charge in [0.2, 0.25) is 5.91 Å². The number of halogens is 1. The lowest BCUT2D eigenvalue weighted by molar-refractivity contribution is -0.121. The summed E-state index contributed by atoms with van der Waals surface area (Å²) < 4.78 is 2.74. The SMILES string of the molecule is Cn1cc(-c2nccnc2CNC(=O)CCc2ccccc2Br)cn1. The third-order valence-corrected chi connectivity index (χ3v) is 4.56. The topological polar surface area (TPSA) is 72.7 Å². The molecule has 2 aromatic heterocycles. The van der Waals surface area contributed by atoms with Crippen LogP contribution in [-0.4, -0.2) is 25.7 Å². The average Bonchev–Trinajstić information content (AvgIpc) is 3.06. The lowest BCUT2D eigenvalue weighted by Crippen LogP contribution is -2.24. The number of carbonyl (C=O) groups is 1. The van der Waals surface area contributed by atoms with E-state index in [-0.39, 0.29) is 5.91 Å². The number of benzene rings is 1. The predicted molar refractivity (Wildman–Crippen MR) is 98.5 cm³/mol. The van der Waals surface area contributed by atoms with Crippen molar-refractivity contribution in [1.29, 1.82) is 0 Å². The van der Waals surface area contributed by atoms with Gasteiger partial charge < -0.3 is 5.32 Å². The van der Waals surface area contributed by atoms with Crippen molar-refractivity contribution >= 4 is 21.8 Å². The maximum absolute atomic E-state index is 12.2. The number of nitrogens with one attached hydrogen (secondary N) is 1. The summed E-state index contributed by atoms with van der Waals surface area (Å²) in [6, 6.07) is 7.92. The molecule has 7 heteroatoms. The Morgan fingerprint density at radius 2 is 2.04 bits per heavy atom. The van der Waals surface area contributed by atoms with Gasteiger partial charge in [0.1, 0.15) is 0 Å². The van der Waals surface area contributed by atoms with Crippen LogP contribution in [-0.2, 0) is 24.8 Å². The van der Waals surface area contributed by atoms with Gasteiger partial charge in [0.15, 0.2) is 0 Å². The molecule has 0 aliphatic rings. The van der Waals surface area contributed by atoms with E-state index in [0.717, 1.165) is 27.0 Å². The zero-order valence-electron chi connectivity index (χ0n) is 13.8.